The molecule has 0 bridgehead atoms. The van der Waals surface area contributed by atoms with Crippen LogP contribution in [-0.2, 0) is 4.79 Å². The first kappa shape index (κ1) is 15.3. The Kier molecular flexibility index (Phi) is 5.63. The minimum absolute atomic E-state index is 0.0773. The van der Waals surface area contributed by atoms with Gasteiger partial charge in [-0.25, -0.2) is 0 Å². The van der Waals surface area contributed by atoms with Crippen molar-refractivity contribution in [3.63, 3.8) is 0 Å². The molecule has 5 nitrogen and oxygen atoms in total. The van der Waals surface area contributed by atoms with E-state index < -0.39 is 5.60 Å². The summed E-state index contributed by atoms with van der Waals surface area (Å²) in [7, 11) is 0. The van der Waals surface area contributed by atoms with Crippen molar-refractivity contribution in [1.29, 1.82) is 0 Å². The average Bonchev–Trinajstić information content (AvgIpc) is 2.36. The van der Waals surface area contributed by atoms with Gasteiger partial charge in [0, 0.05) is 12.2 Å². The lowest BCUT2D eigenvalue weighted by Crippen LogP contribution is -2.42. The largest absolute Gasteiger partial charge is 0.484 e. The smallest absolute Gasteiger partial charge is 0.258 e. The molecule has 1 aromatic carbocycles. The Morgan fingerprint density at radius 2 is 2.05 bits per heavy atom. The Hall–Kier alpha value is -1.75. The third kappa shape index (κ3) is 6.10. The third-order valence-electron chi connectivity index (χ3n) is 2.71. The number of carbonyl (C=O) groups excluding carboxylic acids is 1. The van der Waals surface area contributed by atoms with Crippen molar-refractivity contribution in [1.82, 2.24) is 5.32 Å². The number of ether oxygens (including phenoxy) is 1. The highest BCUT2D eigenvalue weighted by Gasteiger charge is 2.19. The Bertz CT molecular complexity index is 402. The van der Waals surface area contributed by atoms with Crippen LogP contribution in [0.25, 0.3) is 0 Å². The highest BCUT2D eigenvalue weighted by atomic mass is 16.5. The van der Waals surface area contributed by atoms with Gasteiger partial charge in [-0.2, -0.15) is 0 Å². The molecule has 0 aliphatic carbocycles. The van der Waals surface area contributed by atoms with E-state index in [1.54, 1.807) is 31.2 Å². The Morgan fingerprint density at radius 3 is 2.63 bits per heavy atom. The zero-order valence-corrected chi connectivity index (χ0v) is 11.5. The summed E-state index contributed by atoms with van der Waals surface area (Å²) >= 11 is 0. The molecule has 0 aliphatic rings. The van der Waals surface area contributed by atoms with Gasteiger partial charge in [0.1, 0.15) is 5.75 Å². The molecule has 5 heteroatoms. The molecule has 0 aromatic heterocycles. The zero-order chi connectivity index (χ0) is 14.3. The second-order valence-electron chi connectivity index (χ2n) is 4.88. The van der Waals surface area contributed by atoms with E-state index in [9.17, 15) is 9.90 Å². The van der Waals surface area contributed by atoms with Gasteiger partial charge in [0.05, 0.1) is 5.60 Å². The molecule has 0 radical (unpaired) electrons. The third-order valence-corrected chi connectivity index (χ3v) is 2.71. The number of nitrogens with two attached hydrogens (primary N) is 1. The lowest BCUT2D eigenvalue weighted by molar-refractivity contribution is -0.124. The number of hydrogen-bond donors (Lipinski definition) is 3. The number of amides is 1. The molecule has 1 unspecified atom stereocenters. The first-order valence-electron chi connectivity index (χ1n) is 6.40. The molecule has 0 fully saturated rings. The number of nitrogens with one attached hydrogen (secondary N) is 1. The van der Waals surface area contributed by atoms with Crippen molar-refractivity contribution in [3.8, 4) is 5.75 Å². The summed E-state index contributed by atoms with van der Waals surface area (Å²) < 4.78 is 5.30. The molecule has 19 heavy (non-hydrogen) atoms. The van der Waals surface area contributed by atoms with Gasteiger partial charge < -0.3 is 20.9 Å². The fraction of sp³-hybridized carbons (Fsp3) is 0.500. The van der Waals surface area contributed by atoms with Crippen LogP contribution in [0.3, 0.4) is 0 Å². The molecular formula is C14H22N2O3. The topological polar surface area (TPSA) is 84.6 Å². The lowest BCUT2D eigenvalue weighted by Gasteiger charge is -2.22. The van der Waals surface area contributed by atoms with Crippen LogP contribution in [0.2, 0.25) is 0 Å². The number of benzene rings is 1. The lowest BCUT2D eigenvalue weighted by atomic mass is 10.0. The van der Waals surface area contributed by atoms with E-state index in [-0.39, 0.29) is 19.1 Å². The van der Waals surface area contributed by atoms with E-state index in [0.29, 0.717) is 17.9 Å². The first-order valence-corrected chi connectivity index (χ1v) is 6.40. The Balaban J connectivity index is 2.30. The van der Waals surface area contributed by atoms with Crippen LogP contribution in [0.1, 0.15) is 26.7 Å². The second kappa shape index (κ2) is 6.99. The van der Waals surface area contributed by atoms with Gasteiger partial charge in [0.25, 0.3) is 5.91 Å². The van der Waals surface area contributed by atoms with Gasteiger partial charge in [-0.15, -0.1) is 0 Å². The van der Waals surface area contributed by atoms with Crippen LogP contribution >= 0.6 is 0 Å². The fourth-order valence-corrected chi connectivity index (χ4v) is 1.68. The maximum Gasteiger partial charge on any atom is 0.258 e. The van der Waals surface area contributed by atoms with Gasteiger partial charge in [0.2, 0.25) is 0 Å². The van der Waals surface area contributed by atoms with E-state index in [4.69, 9.17) is 10.5 Å². The predicted octanol–water partition coefficient (Wildman–Crippen LogP) is 1.31. The highest BCUT2D eigenvalue weighted by molar-refractivity contribution is 5.77. The summed E-state index contributed by atoms with van der Waals surface area (Å²) in [6.45, 7) is 3.84. The molecule has 0 spiro atoms. The normalized spacial score (nSPS) is 13.6. The molecule has 0 aliphatic heterocycles. The average molecular weight is 266 g/mol. The molecule has 1 rings (SSSR count). The number of carbonyl (C=O) groups is 1. The number of anilines is 1. The number of nitrogen functional groups attached to an aromatic ring is 1. The van der Waals surface area contributed by atoms with E-state index in [0.717, 1.165) is 6.42 Å². The molecule has 0 heterocycles. The van der Waals surface area contributed by atoms with Crippen molar-refractivity contribution in [2.75, 3.05) is 18.9 Å². The minimum atomic E-state index is -0.869. The molecule has 0 saturated carbocycles. The zero-order valence-electron chi connectivity index (χ0n) is 11.5. The van der Waals surface area contributed by atoms with E-state index >= 15 is 0 Å². The summed E-state index contributed by atoms with van der Waals surface area (Å²) in [5.41, 5.74) is 5.32. The molecule has 4 N–H and O–H groups in total. The standard InChI is InChI=1S/C14H22N2O3/c1-3-8-14(2,18)10-16-13(17)9-19-12-6-4-11(15)5-7-12/h4-7,18H,3,8-10,15H2,1-2H3,(H,16,17). The summed E-state index contributed by atoms with van der Waals surface area (Å²) in [4.78, 5) is 11.6. The number of hydrogen-bond acceptors (Lipinski definition) is 4. The monoisotopic (exact) mass is 266 g/mol. The van der Waals surface area contributed by atoms with Crippen LogP contribution in [0.4, 0.5) is 5.69 Å². The van der Waals surface area contributed by atoms with Crippen LogP contribution in [0, 0.1) is 0 Å². The van der Waals surface area contributed by atoms with Crippen molar-refractivity contribution < 1.29 is 14.6 Å². The van der Waals surface area contributed by atoms with Crippen molar-refractivity contribution in [3.05, 3.63) is 24.3 Å². The van der Waals surface area contributed by atoms with Crippen LogP contribution in [0.5, 0.6) is 5.75 Å². The first-order chi connectivity index (χ1) is 8.93. The van der Waals surface area contributed by atoms with Crippen molar-refractivity contribution in [2.45, 2.75) is 32.3 Å². The molecule has 1 amide bonds. The molecule has 0 saturated heterocycles. The maximum atomic E-state index is 11.6. The van der Waals surface area contributed by atoms with Crippen LogP contribution in [-0.4, -0.2) is 29.8 Å². The van der Waals surface area contributed by atoms with Crippen molar-refractivity contribution in [2.24, 2.45) is 0 Å². The SMILES string of the molecule is CCCC(C)(O)CNC(=O)COc1ccc(N)cc1. The van der Waals surface area contributed by atoms with E-state index in [2.05, 4.69) is 5.32 Å². The quantitative estimate of drug-likeness (QED) is 0.650. The predicted molar refractivity (Wildman–Crippen MR) is 74.9 cm³/mol. The molecular weight excluding hydrogens is 244 g/mol. The number of aliphatic hydroxyl groups is 1. The molecule has 1 aromatic rings. The minimum Gasteiger partial charge on any atom is -0.484 e. The second-order valence-corrected chi connectivity index (χ2v) is 4.88. The molecule has 106 valence electrons. The van der Waals surface area contributed by atoms with E-state index in [1.165, 1.54) is 0 Å². The number of rotatable bonds is 7. The molecule has 1 atom stereocenters. The summed E-state index contributed by atoms with van der Waals surface area (Å²) in [6.07, 6.45) is 1.51. The summed E-state index contributed by atoms with van der Waals surface area (Å²) in [5.74, 6) is 0.331. The Morgan fingerprint density at radius 1 is 1.42 bits per heavy atom. The van der Waals surface area contributed by atoms with E-state index in [1.807, 2.05) is 6.92 Å². The van der Waals surface area contributed by atoms with Gasteiger partial charge in [0.15, 0.2) is 6.61 Å². The Labute approximate surface area is 113 Å². The van der Waals surface area contributed by atoms with Crippen LogP contribution in [0.15, 0.2) is 24.3 Å². The van der Waals surface area contributed by atoms with Crippen LogP contribution < -0.4 is 15.8 Å². The van der Waals surface area contributed by atoms with Gasteiger partial charge in [-0.1, -0.05) is 13.3 Å². The maximum absolute atomic E-state index is 11.6. The van der Waals surface area contributed by atoms with Gasteiger partial charge >= 0.3 is 0 Å². The highest BCUT2D eigenvalue weighted by Crippen LogP contribution is 2.13. The van der Waals surface area contributed by atoms with Gasteiger partial charge in [-0.05, 0) is 37.6 Å². The summed E-state index contributed by atoms with van der Waals surface area (Å²) in [5, 5.41) is 12.6. The van der Waals surface area contributed by atoms with Gasteiger partial charge in [-0.3, -0.25) is 4.79 Å². The fourth-order valence-electron chi connectivity index (χ4n) is 1.68. The summed E-state index contributed by atoms with van der Waals surface area (Å²) in [6, 6.07) is 6.82. The van der Waals surface area contributed by atoms with Crippen molar-refractivity contribution >= 4 is 11.6 Å².